The Morgan fingerprint density at radius 1 is 0.792 bits per heavy atom. The average molecular weight is 318 g/mol. The normalized spacial score (nSPS) is 10.1. The van der Waals surface area contributed by atoms with Crippen LogP contribution in [0.25, 0.3) is 0 Å². The van der Waals surface area contributed by atoms with Gasteiger partial charge < -0.3 is 5.11 Å². The van der Waals surface area contributed by atoms with Crippen molar-refractivity contribution in [2.45, 2.75) is 45.4 Å². The summed E-state index contributed by atoms with van der Waals surface area (Å²) in [6.07, 6.45) is 5.65. The molecule has 0 aliphatic heterocycles. The first-order valence-corrected chi connectivity index (χ1v) is 8.42. The van der Waals surface area contributed by atoms with E-state index in [1.165, 1.54) is 0 Å². The Hall–Kier alpha value is -2.78. The number of phenols is 1. The predicted octanol–water partition coefficient (Wildman–Crippen LogP) is 4.65. The Morgan fingerprint density at radius 2 is 1.38 bits per heavy atom. The molecule has 0 aromatic heterocycles. The minimum absolute atomic E-state index is 0.250. The van der Waals surface area contributed by atoms with Crippen LogP contribution in [0.15, 0.2) is 36.4 Å². The van der Waals surface area contributed by atoms with Crippen LogP contribution in [0.5, 0.6) is 5.75 Å². The summed E-state index contributed by atoms with van der Waals surface area (Å²) >= 11 is 0. The quantitative estimate of drug-likeness (QED) is 0.755. The van der Waals surface area contributed by atoms with E-state index < -0.39 is 0 Å². The molecule has 0 unspecified atom stereocenters. The van der Waals surface area contributed by atoms with Crippen molar-refractivity contribution < 1.29 is 5.11 Å². The van der Waals surface area contributed by atoms with Crippen molar-refractivity contribution in [2.75, 3.05) is 0 Å². The van der Waals surface area contributed by atoms with Crippen molar-refractivity contribution in [3.8, 4) is 17.9 Å². The monoisotopic (exact) mass is 318 g/mol. The van der Waals surface area contributed by atoms with Crippen molar-refractivity contribution in [2.24, 2.45) is 0 Å². The Kier molecular flexibility index (Phi) is 6.41. The van der Waals surface area contributed by atoms with Gasteiger partial charge in [-0.15, -0.1) is 0 Å². The zero-order valence-electron chi connectivity index (χ0n) is 14.0. The van der Waals surface area contributed by atoms with Gasteiger partial charge >= 0.3 is 0 Å². The lowest BCUT2D eigenvalue weighted by atomic mass is 9.91. The van der Waals surface area contributed by atoms with Gasteiger partial charge in [0.05, 0.1) is 11.1 Å². The zero-order chi connectivity index (χ0) is 17.4. The number of nitriles is 2. The molecule has 0 radical (unpaired) electrons. The fourth-order valence-corrected chi connectivity index (χ4v) is 2.87. The van der Waals surface area contributed by atoms with Crippen LogP contribution in [0.3, 0.4) is 0 Å². The van der Waals surface area contributed by atoms with E-state index in [-0.39, 0.29) is 5.75 Å². The first-order chi connectivity index (χ1) is 11.7. The fraction of sp³-hybridized carbons (Fsp3) is 0.333. The number of benzene rings is 2. The summed E-state index contributed by atoms with van der Waals surface area (Å²) in [5.41, 5.74) is 4.06. The second kappa shape index (κ2) is 8.75. The van der Waals surface area contributed by atoms with Gasteiger partial charge in [-0.2, -0.15) is 10.5 Å². The Labute approximate surface area is 143 Å². The number of hydrogen-bond acceptors (Lipinski definition) is 3. The highest BCUT2D eigenvalue weighted by atomic mass is 16.3. The van der Waals surface area contributed by atoms with Gasteiger partial charge in [0.15, 0.2) is 0 Å². The molecule has 3 heteroatoms. The van der Waals surface area contributed by atoms with Crippen molar-refractivity contribution in [3.05, 3.63) is 64.2 Å². The van der Waals surface area contributed by atoms with Gasteiger partial charge in [-0.1, -0.05) is 44.0 Å². The summed E-state index contributed by atoms with van der Waals surface area (Å²) in [5.74, 6) is 0.250. The highest BCUT2D eigenvalue weighted by Crippen LogP contribution is 2.22. The van der Waals surface area contributed by atoms with Crippen LogP contribution >= 0.6 is 0 Å². The first kappa shape index (κ1) is 17.6. The molecule has 0 saturated carbocycles. The molecule has 0 atom stereocenters. The molecule has 2 rings (SSSR count). The molecule has 1 N–H and O–H groups in total. The first-order valence-electron chi connectivity index (χ1n) is 8.42. The predicted molar refractivity (Wildman–Crippen MR) is 94.6 cm³/mol. The highest BCUT2D eigenvalue weighted by Gasteiger charge is 2.13. The average Bonchev–Trinajstić information content (AvgIpc) is 2.61. The minimum Gasteiger partial charge on any atom is -0.508 e. The summed E-state index contributed by atoms with van der Waals surface area (Å²) in [6.45, 7) is 2.15. The van der Waals surface area contributed by atoms with Gasteiger partial charge in [-0.25, -0.2) is 0 Å². The van der Waals surface area contributed by atoms with E-state index in [0.717, 1.165) is 48.8 Å². The maximum absolute atomic E-state index is 9.53. The molecule has 2 aromatic carbocycles. The molecular weight excluding hydrogens is 296 g/mol. The second-order valence-electron chi connectivity index (χ2n) is 5.98. The van der Waals surface area contributed by atoms with Gasteiger partial charge in [0.2, 0.25) is 0 Å². The lowest BCUT2D eigenvalue weighted by Crippen LogP contribution is -2.01. The lowest BCUT2D eigenvalue weighted by Gasteiger charge is -2.10. The molecule has 0 fully saturated rings. The Bertz CT molecular complexity index is 764. The molecule has 0 aliphatic carbocycles. The third kappa shape index (κ3) is 4.37. The summed E-state index contributed by atoms with van der Waals surface area (Å²) in [4.78, 5) is 0. The Balaban J connectivity index is 2.19. The van der Waals surface area contributed by atoms with Gasteiger partial charge in [0, 0.05) is 0 Å². The smallest absolute Gasteiger partial charge is 0.115 e. The zero-order valence-corrected chi connectivity index (χ0v) is 14.0. The molecule has 24 heavy (non-hydrogen) atoms. The number of aromatic hydroxyl groups is 1. The van der Waals surface area contributed by atoms with Gasteiger partial charge in [-0.05, 0) is 54.5 Å². The molecule has 0 amide bonds. The molecule has 122 valence electrons. The van der Waals surface area contributed by atoms with E-state index in [1.807, 2.05) is 24.3 Å². The second-order valence-corrected chi connectivity index (χ2v) is 5.98. The summed E-state index contributed by atoms with van der Waals surface area (Å²) in [5, 5.41) is 28.4. The van der Waals surface area contributed by atoms with Crippen LogP contribution < -0.4 is 0 Å². The lowest BCUT2D eigenvalue weighted by molar-refractivity contribution is 0.475. The minimum atomic E-state index is 0.250. The van der Waals surface area contributed by atoms with Crippen molar-refractivity contribution in [3.63, 3.8) is 0 Å². The van der Waals surface area contributed by atoms with E-state index in [9.17, 15) is 15.6 Å². The fourth-order valence-electron chi connectivity index (χ4n) is 2.87. The van der Waals surface area contributed by atoms with Gasteiger partial charge in [-0.3, -0.25) is 0 Å². The third-order valence-corrected chi connectivity index (χ3v) is 4.27. The molecule has 0 saturated heterocycles. The van der Waals surface area contributed by atoms with E-state index in [2.05, 4.69) is 19.1 Å². The Morgan fingerprint density at radius 3 is 1.92 bits per heavy atom. The van der Waals surface area contributed by atoms with Crippen molar-refractivity contribution in [1.29, 1.82) is 10.5 Å². The van der Waals surface area contributed by atoms with Gasteiger partial charge in [0.1, 0.15) is 17.9 Å². The topological polar surface area (TPSA) is 67.8 Å². The molecule has 0 bridgehead atoms. The summed E-state index contributed by atoms with van der Waals surface area (Å²) < 4.78 is 0. The number of unbranched alkanes of at least 4 members (excludes halogenated alkanes) is 2. The van der Waals surface area contributed by atoms with Crippen LogP contribution in [-0.2, 0) is 19.3 Å². The molecule has 0 spiro atoms. The summed E-state index contributed by atoms with van der Waals surface area (Å²) in [7, 11) is 0. The van der Waals surface area contributed by atoms with Gasteiger partial charge in [0.25, 0.3) is 0 Å². The SMILES string of the molecule is CCCCCc1ccc(CCc2ccc(O)cc2)c(C#N)c1C#N. The number of hydrogen-bond donors (Lipinski definition) is 1. The van der Waals surface area contributed by atoms with Crippen molar-refractivity contribution in [1.82, 2.24) is 0 Å². The number of phenolic OH excluding ortho intramolecular Hbond substituents is 1. The van der Waals surface area contributed by atoms with E-state index in [0.29, 0.717) is 17.5 Å². The van der Waals surface area contributed by atoms with E-state index in [1.54, 1.807) is 12.1 Å². The summed E-state index contributed by atoms with van der Waals surface area (Å²) in [6, 6.07) is 15.5. The van der Waals surface area contributed by atoms with Crippen LogP contribution in [0.1, 0.15) is 54.0 Å². The van der Waals surface area contributed by atoms with Crippen molar-refractivity contribution >= 4 is 0 Å². The molecule has 0 heterocycles. The number of aryl methyl sites for hydroxylation is 3. The third-order valence-electron chi connectivity index (χ3n) is 4.27. The maximum atomic E-state index is 9.53. The number of rotatable bonds is 7. The van der Waals surface area contributed by atoms with E-state index in [4.69, 9.17) is 0 Å². The highest BCUT2D eigenvalue weighted by molar-refractivity contribution is 5.55. The van der Waals surface area contributed by atoms with Crippen LogP contribution in [0, 0.1) is 22.7 Å². The molecule has 3 nitrogen and oxygen atoms in total. The van der Waals surface area contributed by atoms with Crippen LogP contribution in [0.2, 0.25) is 0 Å². The van der Waals surface area contributed by atoms with E-state index >= 15 is 0 Å². The van der Waals surface area contributed by atoms with Crippen LogP contribution in [-0.4, -0.2) is 5.11 Å². The number of nitrogens with zero attached hydrogens (tertiary/aromatic N) is 2. The standard InChI is InChI=1S/C21H22N2O/c1-2-3-4-5-17-10-11-18(21(15-23)20(17)14-22)9-6-16-7-12-19(24)13-8-16/h7-8,10-13,24H,2-6,9H2,1H3. The van der Waals surface area contributed by atoms with Crippen LogP contribution in [0.4, 0.5) is 0 Å². The largest absolute Gasteiger partial charge is 0.508 e. The maximum Gasteiger partial charge on any atom is 0.115 e. The molecule has 0 aliphatic rings. The molecular formula is C21H22N2O. The molecule has 2 aromatic rings.